The largest absolute Gasteiger partial charge is 0.293 e. The first-order valence-electron chi connectivity index (χ1n) is 4.21. The van der Waals surface area contributed by atoms with E-state index in [-0.39, 0.29) is 21.4 Å². The highest BCUT2D eigenvalue weighted by Crippen LogP contribution is 2.39. The highest BCUT2D eigenvalue weighted by Gasteiger charge is 2.33. The molecular formula is C8H12O4S3. The van der Waals surface area contributed by atoms with Crippen molar-refractivity contribution in [2.75, 3.05) is 11.5 Å². The number of hydrogen-bond acceptors (Lipinski definition) is 5. The highest BCUT2D eigenvalue weighted by molar-refractivity contribution is 8.21. The summed E-state index contributed by atoms with van der Waals surface area (Å²) in [6.45, 7) is 5.20. The van der Waals surface area contributed by atoms with E-state index in [2.05, 4.69) is 6.58 Å². The molecule has 0 bridgehead atoms. The molecule has 0 amide bonds. The van der Waals surface area contributed by atoms with Gasteiger partial charge in [0.25, 0.3) is 10.1 Å². The molecule has 0 aromatic rings. The lowest BCUT2D eigenvalue weighted by atomic mass is 10.2. The Labute approximate surface area is 97.6 Å². The number of carbonyl (C=O) groups is 1. The molecule has 0 aromatic carbocycles. The first-order valence-corrected chi connectivity index (χ1v) is 7.81. The van der Waals surface area contributed by atoms with Gasteiger partial charge in [-0.3, -0.25) is 9.35 Å². The summed E-state index contributed by atoms with van der Waals surface area (Å²) < 4.78 is 29.6. The molecule has 0 saturated carbocycles. The summed E-state index contributed by atoms with van der Waals surface area (Å²) in [4.78, 5) is 11.5. The second-order valence-corrected chi connectivity index (χ2v) is 7.72. The van der Waals surface area contributed by atoms with Crippen LogP contribution in [0.4, 0.5) is 0 Å². The van der Waals surface area contributed by atoms with E-state index in [1.54, 1.807) is 6.92 Å². The minimum absolute atomic E-state index is 0.0367. The van der Waals surface area contributed by atoms with Crippen LogP contribution in [0.3, 0.4) is 0 Å². The molecule has 15 heavy (non-hydrogen) atoms. The summed E-state index contributed by atoms with van der Waals surface area (Å²) in [6.07, 6.45) is 0. The van der Waals surface area contributed by atoms with E-state index in [0.29, 0.717) is 11.3 Å². The van der Waals surface area contributed by atoms with Gasteiger partial charge in [0.05, 0.1) is 15.6 Å². The van der Waals surface area contributed by atoms with Crippen LogP contribution in [0, 0.1) is 0 Å². The molecule has 2 unspecified atom stereocenters. The van der Waals surface area contributed by atoms with Crippen molar-refractivity contribution in [1.29, 1.82) is 0 Å². The first kappa shape index (κ1) is 13.1. The Morgan fingerprint density at radius 1 is 1.60 bits per heavy atom. The Balaban J connectivity index is 2.53. The number of carbonyl (C=O) groups excluding carboxylic acids is 1. The summed E-state index contributed by atoms with van der Waals surface area (Å²) in [5, 5.41) is -0.223. The number of thioether (sulfide) groups is 2. The quantitative estimate of drug-likeness (QED) is 0.610. The van der Waals surface area contributed by atoms with E-state index in [4.69, 9.17) is 4.55 Å². The van der Waals surface area contributed by atoms with Crippen LogP contribution in [0.5, 0.6) is 0 Å². The molecule has 0 aromatic heterocycles. The molecule has 1 saturated heterocycles. The van der Waals surface area contributed by atoms with Gasteiger partial charge in [-0.05, 0) is 12.5 Å². The van der Waals surface area contributed by atoms with Crippen LogP contribution < -0.4 is 0 Å². The van der Waals surface area contributed by atoms with Gasteiger partial charge in [-0.25, -0.2) is 0 Å². The maximum absolute atomic E-state index is 11.5. The molecule has 1 N–H and O–H groups in total. The standard InChI is InChI=1S/C8H12O4S3/c1-5(2)8(9)6-3-13-7(14-6)4-15(10,11)12/h6-7H,1,3-4H2,2H3,(H,10,11,12). The minimum atomic E-state index is -3.95. The summed E-state index contributed by atoms with van der Waals surface area (Å²) in [5.74, 6) is 0.240. The van der Waals surface area contributed by atoms with Gasteiger partial charge in [0, 0.05) is 5.75 Å². The zero-order chi connectivity index (χ0) is 11.6. The third-order valence-corrected chi connectivity index (χ3v) is 6.18. The topological polar surface area (TPSA) is 71.4 Å². The number of Topliss-reactive ketones (excluding diaryl/α,β-unsaturated/α-hetero) is 1. The molecule has 7 heteroatoms. The fourth-order valence-electron chi connectivity index (χ4n) is 1.13. The Morgan fingerprint density at radius 2 is 2.20 bits per heavy atom. The Hall–Kier alpha value is 0.0200. The van der Waals surface area contributed by atoms with Crippen molar-refractivity contribution in [3.8, 4) is 0 Å². The number of rotatable bonds is 4. The predicted molar refractivity (Wildman–Crippen MR) is 63.9 cm³/mol. The molecule has 0 aliphatic carbocycles. The third kappa shape index (κ3) is 4.18. The van der Waals surface area contributed by atoms with E-state index in [0.717, 1.165) is 0 Å². The predicted octanol–water partition coefficient (Wildman–Crippen LogP) is 1.19. The number of hydrogen-bond donors (Lipinski definition) is 1. The average molecular weight is 268 g/mol. The normalized spacial score (nSPS) is 26.5. The maximum atomic E-state index is 11.5. The van der Waals surface area contributed by atoms with Crippen molar-refractivity contribution in [2.24, 2.45) is 0 Å². The van der Waals surface area contributed by atoms with E-state index < -0.39 is 10.1 Å². The summed E-state index contributed by atoms with van der Waals surface area (Å²) in [5.41, 5.74) is 0.487. The SMILES string of the molecule is C=C(C)C(=O)C1CSC(CS(=O)(=O)O)S1. The number of ketones is 1. The lowest BCUT2D eigenvalue weighted by Crippen LogP contribution is -2.18. The molecule has 86 valence electrons. The minimum Gasteiger partial charge on any atom is -0.293 e. The van der Waals surface area contributed by atoms with Crippen LogP contribution in [-0.2, 0) is 14.9 Å². The molecule has 4 nitrogen and oxygen atoms in total. The van der Waals surface area contributed by atoms with Crippen molar-refractivity contribution >= 4 is 39.4 Å². The van der Waals surface area contributed by atoms with Crippen LogP contribution in [0.25, 0.3) is 0 Å². The average Bonchev–Trinajstić information content (AvgIpc) is 2.48. The van der Waals surface area contributed by atoms with Crippen LogP contribution in [0.1, 0.15) is 6.92 Å². The first-order chi connectivity index (χ1) is 6.79. The van der Waals surface area contributed by atoms with Gasteiger partial charge < -0.3 is 0 Å². The molecule has 1 aliphatic rings. The van der Waals surface area contributed by atoms with Crippen molar-refractivity contribution in [2.45, 2.75) is 16.8 Å². The molecule has 1 fully saturated rings. The highest BCUT2D eigenvalue weighted by atomic mass is 32.2. The fourth-order valence-corrected chi connectivity index (χ4v) is 5.94. The maximum Gasteiger partial charge on any atom is 0.266 e. The second-order valence-electron chi connectivity index (χ2n) is 3.28. The lowest BCUT2D eigenvalue weighted by Gasteiger charge is -2.07. The summed E-state index contributed by atoms with van der Waals surface area (Å²) in [7, 11) is -3.95. The van der Waals surface area contributed by atoms with Crippen molar-refractivity contribution < 1.29 is 17.8 Å². The number of allylic oxidation sites excluding steroid dienone is 1. The van der Waals surface area contributed by atoms with Crippen LogP contribution in [-0.4, -0.2) is 40.1 Å². The van der Waals surface area contributed by atoms with Gasteiger partial charge >= 0.3 is 0 Å². The van der Waals surface area contributed by atoms with Crippen molar-refractivity contribution in [1.82, 2.24) is 0 Å². The molecular weight excluding hydrogens is 256 g/mol. The van der Waals surface area contributed by atoms with Crippen molar-refractivity contribution in [3.63, 3.8) is 0 Å². The zero-order valence-corrected chi connectivity index (χ0v) is 10.6. The Bertz CT molecular complexity index is 373. The Morgan fingerprint density at radius 3 is 2.67 bits per heavy atom. The van der Waals surface area contributed by atoms with Gasteiger partial charge in [0.2, 0.25) is 0 Å². The van der Waals surface area contributed by atoms with E-state index in [9.17, 15) is 13.2 Å². The fraction of sp³-hybridized carbons (Fsp3) is 0.625. The monoisotopic (exact) mass is 268 g/mol. The van der Waals surface area contributed by atoms with E-state index in [1.807, 2.05) is 0 Å². The van der Waals surface area contributed by atoms with Gasteiger partial charge in [0.1, 0.15) is 0 Å². The van der Waals surface area contributed by atoms with Crippen LogP contribution in [0.15, 0.2) is 12.2 Å². The summed E-state index contributed by atoms with van der Waals surface area (Å²) in [6, 6.07) is 0. The van der Waals surface area contributed by atoms with Crippen molar-refractivity contribution in [3.05, 3.63) is 12.2 Å². The zero-order valence-electron chi connectivity index (χ0n) is 8.17. The van der Waals surface area contributed by atoms with E-state index in [1.165, 1.54) is 23.5 Å². The van der Waals surface area contributed by atoms with Crippen LogP contribution in [0.2, 0.25) is 0 Å². The third-order valence-electron chi connectivity index (χ3n) is 1.81. The molecule has 1 rings (SSSR count). The Kier molecular flexibility index (Phi) is 4.28. The molecule has 2 atom stereocenters. The van der Waals surface area contributed by atoms with Gasteiger partial charge in [0.15, 0.2) is 5.78 Å². The molecule has 1 aliphatic heterocycles. The van der Waals surface area contributed by atoms with Crippen LogP contribution >= 0.6 is 23.5 Å². The molecule has 1 heterocycles. The molecule has 0 spiro atoms. The van der Waals surface area contributed by atoms with E-state index >= 15 is 0 Å². The lowest BCUT2D eigenvalue weighted by molar-refractivity contribution is -0.114. The van der Waals surface area contributed by atoms with Gasteiger partial charge in [-0.15, -0.1) is 23.5 Å². The summed E-state index contributed by atoms with van der Waals surface area (Å²) >= 11 is 2.67. The van der Waals surface area contributed by atoms with Gasteiger partial charge in [-0.2, -0.15) is 8.42 Å². The second kappa shape index (κ2) is 4.90. The van der Waals surface area contributed by atoms with Gasteiger partial charge in [-0.1, -0.05) is 6.58 Å². The smallest absolute Gasteiger partial charge is 0.266 e. The molecule has 0 radical (unpaired) electrons.